The molecule has 1 fully saturated rings. The molecule has 0 unspecified atom stereocenters. The molecule has 1 aliphatic heterocycles. The van der Waals surface area contributed by atoms with E-state index in [1.807, 2.05) is 13.8 Å². The lowest BCUT2D eigenvalue weighted by molar-refractivity contribution is -0.126. The molecule has 0 radical (unpaired) electrons. The zero-order chi connectivity index (χ0) is 18.4. The van der Waals surface area contributed by atoms with Gasteiger partial charge in [0.15, 0.2) is 5.75 Å². The molecule has 0 saturated carbocycles. The van der Waals surface area contributed by atoms with Crippen LogP contribution in [0.2, 0.25) is 0 Å². The summed E-state index contributed by atoms with van der Waals surface area (Å²) in [5.74, 6) is -0.738. The fraction of sp³-hybridized carbons (Fsp3) is 0.500. The Hall–Kier alpha value is -2.57. The number of para-hydroxylation sites is 1. The van der Waals surface area contributed by atoms with Crippen LogP contribution in [-0.2, 0) is 14.3 Å². The highest BCUT2D eigenvalue weighted by atomic mass is 16.5. The minimum Gasteiger partial charge on any atom is -0.488 e. The van der Waals surface area contributed by atoms with E-state index in [2.05, 4.69) is 10.6 Å². The van der Waals surface area contributed by atoms with Gasteiger partial charge in [0.25, 0.3) is 0 Å². The molecule has 0 spiro atoms. The first-order valence-corrected chi connectivity index (χ1v) is 8.40. The molecule has 1 aliphatic rings. The topological polar surface area (TPSA) is 93.7 Å². The third-order valence-corrected chi connectivity index (χ3v) is 3.83. The quantitative estimate of drug-likeness (QED) is 0.796. The minimum absolute atomic E-state index is 0.125. The lowest BCUT2D eigenvalue weighted by Gasteiger charge is -2.20. The highest BCUT2D eigenvalue weighted by Gasteiger charge is 2.25. The van der Waals surface area contributed by atoms with Crippen LogP contribution in [-0.4, -0.2) is 37.0 Å². The number of hydrogen-bond acceptors (Lipinski definition) is 5. The molecule has 1 saturated heterocycles. The van der Waals surface area contributed by atoms with Crippen molar-refractivity contribution in [2.24, 2.45) is 0 Å². The van der Waals surface area contributed by atoms with Crippen LogP contribution in [0.1, 0.15) is 49.9 Å². The second-order valence-corrected chi connectivity index (χ2v) is 6.20. The van der Waals surface area contributed by atoms with Gasteiger partial charge in [-0.15, -0.1) is 0 Å². The van der Waals surface area contributed by atoms with E-state index in [4.69, 9.17) is 9.47 Å². The lowest BCUT2D eigenvalue weighted by Crippen LogP contribution is -2.42. The van der Waals surface area contributed by atoms with Crippen molar-refractivity contribution in [3.63, 3.8) is 0 Å². The molecule has 0 aromatic heterocycles. The van der Waals surface area contributed by atoms with Crippen molar-refractivity contribution >= 4 is 23.5 Å². The Kier molecular flexibility index (Phi) is 6.38. The highest BCUT2D eigenvalue weighted by molar-refractivity contribution is 6.01. The number of esters is 1. The van der Waals surface area contributed by atoms with Crippen molar-refractivity contribution in [3.8, 4) is 5.75 Å². The molecule has 2 N–H and O–H groups in total. The Morgan fingerprint density at radius 1 is 1.28 bits per heavy atom. The van der Waals surface area contributed by atoms with Crippen molar-refractivity contribution in [1.82, 2.24) is 5.32 Å². The third kappa shape index (κ3) is 4.95. The maximum Gasteiger partial charge on any atom is 0.341 e. The van der Waals surface area contributed by atoms with E-state index in [9.17, 15) is 14.4 Å². The summed E-state index contributed by atoms with van der Waals surface area (Å²) < 4.78 is 10.5. The number of amides is 2. The summed E-state index contributed by atoms with van der Waals surface area (Å²) in [5, 5.41) is 5.49. The van der Waals surface area contributed by atoms with Crippen LogP contribution in [0.15, 0.2) is 18.2 Å². The van der Waals surface area contributed by atoms with Gasteiger partial charge in [0.05, 0.1) is 18.9 Å². The van der Waals surface area contributed by atoms with Gasteiger partial charge in [0.1, 0.15) is 11.6 Å². The summed E-state index contributed by atoms with van der Waals surface area (Å²) in [4.78, 5) is 36.2. The van der Waals surface area contributed by atoms with E-state index in [-0.39, 0.29) is 29.2 Å². The number of carbonyl (C=O) groups excluding carboxylic acids is 3. The third-order valence-electron chi connectivity index (χ3n) is 3.83. The first kappa shape index (κ1) is 18.8. The molecule has 0 aliphatic carbocycles. The molecule has 1 aromatic rings. The molecule has 2 amide bonds. The first-order valence-electron chi connectivity index (χ1n) is 8.40. The number of benzene rings is 1. The summed E-state index contributed by atoms with van der Waals surface area (Å²) in [6.45, 7) is 3.65. The second kappa shape index (κ2) is 8.50. The van der Waals surface area contributed by atoms with E-state index in [0.29, 0.717) is 18.5 Å². The number of carbonyl (C=O) groups is 3. The Labute approximate surface area is 147 Å². The van der Waals surface area contributed by atoms with E-state index in [1.165, 1.54) is 7.11 Å². The number of ether oxygens (including phenoxy) is 2. The van der Waals surface area contributed by atoms with E-state index in [0.717, 1.165) is 12.8 Å². The van der Waals surface area contributed by atoms with Gasteiger partial charge >= 0.3 is 5.97 Å². The molecule has 136 valence electrons. The molecule has 7 heteroatoms. The van der Waals surface area contributed by atoms with E-state index < -0.39 is 12.0 Å². The number of anilines is 1. The van der Waals surface area contributed by atoms with Gasteiger partial charge in [0.2, 0.25) is 11.8 Å². The van der Waals surface area contributed by atoms with Gasteiger partial charge in [-0.2, -0.15) is 0 Å². The number of rotatable bonds is 5. The molecule has 1 aromatic carbocycles. The zero-order valence-electron chi connectivity index (χ0n) is 14.8. The monoisotopic (exact) mass is 348 g/mol. The largest absolute Gasteiger partial charge is 0.488 e. The smallest absolute Gasteiger partial charge is 0.341 e. The van der Waals surface area contributed by atoms with Gasteiger partial charge in [-0.3, -0.25) is 9.59 Å². The molecule has 1 heterocycles. The summed E-state index contributed by atoms with van der Waals surface area (Å²) in [5.41, 5.74) is 0.610. The van der Waals surface area contributed by atoms with Gasteiger partial charge in [0, 0.05) is 6.42 Å². The van der Waals surface area contributed by atoms with Crippen LogP contribution in [0.5, 0.6) is 5.75 Å². The number of hydrogen-bond donors (Lipinski definition) is 2. The molecule has 2 rings (SSSR count). The van der Waals surface area contributed by atoms with Crippen molar-refractivity contribution in [2.75, 3.05) is 12.4 Å². The predicted molar refractivity (Wildman–Crippen MR) is 92.6 cm³/mol. The SMILES string of the molecule is COC(=O)c1cccc(NC(=O)[C@@H]2CCCCC(=O)N2)c1OC(C)C. The average Bonchev–Trinajstić information content (AvgIpc) is 2.79. The predicted octanol–water partition coefficient (Wildman–Crippen LogP) is 2.26. The Bertz CT molecular complexity index is 657. The van der Waals surface area contributed by atoms with Crippen molar-refractivity contribution < 1.29 is 23.9 Å². The minimum atomic E-state index is -0.594. The molecular weight excluding hydrogens is 324 g/mol. The Morgan fingerprint density at radius 2 is 2.04 bits per heavy atom. The van der Waals surface area contributed by atoms with Gasteiger partial charge in [-0.1, -0.05) is 12.5 Å². The van der Waals surface area contributed by atoms with Crippen molar-refractivity contribution in [2.45, 2.75) is 51.7 Å². The summed E-state index contributed by atoms with van der Waals surface area (Å²) >= 11 is 0. The lowest BCUT2D eigenvalue weighted by atomic mass is 10.1. The van der Waals surface area contributed by atoms with Crippen molar-refractivity contribution in [3.05, 3.63) is 23.8 Å². The Morgan fingerprint density at radius 3 is 2.72 bits per heavy atom. The summed E-state index contributed by atoms with van der Waals surface area (Å²) in [6.07, 6.45) is 2.39. The van der Waals surface area contributed by atoms with Crippen LogP contribution >= 0.6 is 0 Å². The van der Waals surface area contributed by atoms with Crippen LogP contribution < -0.4 is 15.4 Å². The number of methoxy groups -OCH3 is 1. The summed E-state index contributed by atoms with van der Waals surface area (Å²) in [7, 11) is 1.29. The number of nitrogens with one attached hydrogen (secondary N) is 2. The molecule has 0 bridgehead atoms. The Balaban J connectivity index is 2.26. The fourth-order valence-corrected chi connectivity index (χ4v) is 2.66. The van der Waals surface area contributed by atoms with Crippen molar-refractivity contribution in [1.29, 1.82) is 0 Å². The van der Waals surface area contributed by atoms with Gasteiger partial charge < -0.3 is 20.1 Å². The van der Waals surface area contributed by atoms with E-state index >= 15 is 0 Å². The summed E-state index contributed by atoms with van der Waals surface area (Å²) in [6, 6.07) is 4.28. The maximum absolute atomic E-state index is 12.6. The van der Waals surface area contributed by atoms with Crippen LogP contribution in [0, 0.1) is 0 Å². The molecule has 7 nitrogen and oxygen atoms in total. The zero-order valence-corrected chi connectivity index (χ0v) is 14.8. The fourth-order valence-electron chi connectivity index (χ4n) is 2.66. The molecule has 25 heavy (non-hydrogen) atoms. The maximum atomic E-state index is 12.6. The van der Waals surface area contributed by atoms with Crippen LogP contribution in [0.4, 0.5) is 5.69 Å². The normalized spacial score (nSPS) is 17.4. The van der Waals surface area contributed by atoms with Gasteiger partial charge in [-0.25, -0.2) is 4.79 Å². The molecule has 1 atom stereocenters. The second-order valence-electron chi connectivity index (χ2n) is 6.20. The van der Waals surface area contributed by atoms with Crippen LogP contribution in [0.25, 0.3) is 0 Å². The molecular formula is C18H24N2O5. The van der Waals surface area contributed by atoms with E-state index in [1.54, 1.807) is 18.2 Å². The average molecular weight is 348 g/mol. The van der Waals surface area contributed by atoms with Gasteiger partial charge in [-0.05, 0) is 38.8 Å². The highest BCUT2D eigenvalue weighted by Crippen LogP contribution is 2.31. The standard InChI is InChI=1S/C18H24N2O5/c1-11(2)25-16-12(18(23)24-3)7-6-9-13(16)20-17(22)14-8-4-5-10-15(21)19-14/h6-7,9,11,14H,4-5,8,10H2,1-3H3,(H,19,21)(H,20,22)/t14-/m0/s1. The first-order chi connectivity index (χ1) is 11.9. The van der Waals surface area contributed by atoms with Crippen LogP contribution in [0.3, 0.4) is 0 Å².